The van der Waals surface area contributed by atoms with Crippen molar-refractivity contribution in [1.82, 2.24) is 19.1 Å². The van der Waals surface area contributed by atoms with Gasteiger partial charge in [0.25, 0.3) is 0 Å². The largest absolute Gasteiger partial charge is 0.412 e. The van der Waals surface area contributed by atoms with Gasteiger partial charge in [0.15, 0.2) is 0 Å². The van der Waals surface area contributed by atoms with Crippen LogP contribution in [0.5, 0.6) is 0 Å². The Hall–Kier alpha value is -3.18. The molecular formula is C18H16N4O. The molecule has 0 unspecified atom stereocenters. The lowest BCUT2D eigenvalue weighted by molar-refractivity contribution is 0.824. The quantitative estimate of drug-likeness (QED) is 0.584. The molecule has 2 aromatic heterocycles. The molecular weight excluding hydrogens is 288 g/mol. The van der Waals surface area contributed by atoms with Crippen LogP contribution in [0.4, 0.5) is 0 Å². The van der Waals surface area contributed by atoms with Crippen LogP contribution in [-0.4, -0.2) is 24.6 Å². The van der Waals surface area contributed by atoms with Crippen LogP contribution >= 0.6 is 0 Å². The Morgan fingerprint density at radius 2 is 0.957 bits per heavy atom. The molecule has 5 nitrogen and oxygen atoms in total. The van der Waals surface area contributed by atoms with Gasteiger partial charge in [0.1, 0.15) is 0 Å². The fourth-order valence-corrected chi connectivity index (χ4v) is 2.48. The average Bonchev–Trinajstić information content (AvgIpc) is 3.29. The zero-order valence-electron chi connectivity index (χ0n) is 12.4. The topological polar surface area (TPSA) is 67.1 Å². The van der Waals surface area contributed by atoms with Crippen molar-refractivity contribution < 1.29 is 5.48 Å². The van der Waals surface area contributed by atoms with Gasteiger partial charge in [-0.05, 0) is 35.4 Å². The number of nitrogens with zero attached hydrogens (tertiary/aromatic N) is 4. The number of hydrogen-bond donors (Lipinski definition) is 0. The van der Waals surface area contributed by atoms with E-state index in [2.05, 4.69) is 58.5 Å². The van der Waals surface area contributed by atoms with Crippen LogP contribution in [0.3, 0.4) is 0 Å². The van der Waals surface area contributed by atoms with Crippen LogP contribution in [0.25, 0.3) is 22.5 Å². The molecule has 114 valence electrons. The van der Waals surface area contributed by atoms with E-state index < -0.39 is 0 Å². The van der Waals surface area contributed by atoms with E-state index in [1.54, 1.807) is 25.0 Å². The van der Waals surface area contributed by atoms with Crippen molar-refractivity contribution in [1.29, 1.82) is 0 Å². The van der Waals surface area contributed by atoms with Gasteiger partial charge >= 0.3 is 0 Å². The summed E-state index contributed by atoms with van der Waals surface area (Å²) in [5.41, 5.74) is 4.61. The molecule has 0 spiro atoms. The molecule has 0 amide bonds. The smallest absolute Gasteiger partial charge is 0.0991 e. The van der Waals surface area contributed by atoms with E-state index in [9.17, 15) is 0 Å². The van der Waals surface area contributed by atoms with Crippen LogP contribution < -0.4 is 0 Å². The highest BCUT2D eigenvalue weighted by atomic mass is 16.0. The molecule has 23 heavy (non-hydrogen) atoms. The van der Waals surface area contributed by atoms with Gasteiger partial charge in [-0.1, -0.05) is 24.3 Å². The fraction of sp³-hybridized carbons (Fsp3) is 0. The van der Waals surface area contributed by atoms with Gasteiger partial charge in [-0.25, -0.2) is 9.97 Å². The Bertz CT molecular complexity index is 773. The van der Waals surface area contributed by atoms with Crippen molar-refractivity contribution in [3.05, 3.63) is 86.0 Å². The molecule has 2 aromatic carbocycles. The summed E-state index contributed by atoms with van der Waals surface area (Å²) in [5, 5.41) is 0. The molecule has 0 atom stereocenters. The van der Waals surface area contributed by atoms with Crippen molar-refractivity contribution in [3.63, 3.8) is 0 Å². The first-order chi connectivity index (χ1) is 10.9. The molecule has 5 heteroatoms. The highest BCUT2D eigenvalue weighted by Crippen LogP contribution is 2.22. The molecule has 0 saturated carbocycles. The first kappa shape index (κ1) is 14.7. The lowest BCUT2D eigenvalue weighted by atomic mass is 10.0. The number of aromatic nitrogens is 4. The van der Waals surface area contributed by atoms with E-state index in [-0.39, 0.29) is 5.48 Å². The second-order valence-corrected chi connectivity index (χ2v) is 5.03. The second kappa shape index (κ2) is 6.29. The average molecular weight is 304 g/mol. The Morgan fingerprint density at radius 3 is 1.26 bits per heavy atom. The third-order valence-corrected chi connectivity index (χ3v) is 3.67. The summed E-state index contributed by atoms with van der Waals surface area (Å²) >= 11 is 0. The standard InChI is InChI=1S/C18H14N4.H2O/c1-5-17(21-11-9-19-13-21)6-2-15(1)16-3-7-18(8-4-16)22-12-10-20-14-22;/h1-14H;1H2. The highest BCUT2D eigenvalue weighted by molar-refractivity contribution is 5.65. The predicted octanol–water partition coefficient (Wildman–Crippen LogP) is 2.90. The lowest BCUT2D eigenvalue weighted by Gasteiger charge is -2.07. The Morgan fingerprint density at radius 1 is 0.565 bits per heavy atom. The number of hydrogen-bond acceptors (Lipinski definition) is 2. The predicted molar refractivity (Wildman–Crippen MR) is 89.7 cm³/mol. The van der Waals surface area contributed by atoms with E-state index in [1.165, 1.54) is 11.1 Å². The van der Waals surface area contributed by atoms with E-state index in [0.29, 0.717) is 0 Å². The van der Waals surface area contributed by atoms with E-state index >= 15 is 0 Å². The minimum atomic E-state index is 0. The van der Waals surface area contributed by atoms with Gasteiger partial charge < -0.3 is 14.6 Å². The fourth-order valence-electron chi connectivity index (χ4n) is 2.48. The Labute approximate surface area is 133 Å². The van der Waals surface area contributed by atoms with Crippen LogP contribution in [0.15, 0.2) is 86.0 Å². The van der Waals surface area contributed by atoms with Crippen molar-refractivity contribution in [2.24, 2.45) is 0 Å². The third-order valence-electron chi connectivity index (χ3n) is 3.67. The van der Waals surface area contributed by atoms with E-state index in [1.807, 2.05) is 21.5 Å². The molecule has 0 saturated heterocycles. The van der Waals surface area contributed by atoms with Crippen molar-refractivity contribution in [2.75, 3.05) is 0 Å². The van der Waals surface area contributed by atoms with Crippen molar-refractivity contribution in [2.45, 2.75) is 0 Å². The Kier molecular flexibility index (Phi) is 4.03. The van der Waals surface area contributed by atoms with Crippen molar-refractivity contribution in [3.8, 4) is 22.5 Å². The first-order valence-corrected chi connectivity index (χ1v) is 7.07. The molecule has 0 aliphatic carbocycles. The zero-order valence-corrected chi connectivity index (χ0v) is 12.4. The maximum absolute atomic E-state index is 4.07. The molecule has 2 N–H and O–H groups in total. The molecule has 4 rings (SSSR count). The second-order valence-electron chi connectivity index (χ2n) is 5.03. The third kappa shape index (κ3) is 2.90. The molecule has 0 radical (unpaired) electrons. The maximum Gasteiger partial charge on any atom is 0.0991 e. The highest BCUT2D eigenvalue weighted by Gasteiger charge is 2.01. The van der Waals surface area contributed by atoms with Crippen LogP contribution in [0.1, 0.15) is 0 Å². The van der Waals surface area contributed by atoms with Gasteiger partial charge in [-0.2, -0.15) is 0 Å². The minimum Gasteiger partial charge on any atom is -0.412 e. The number of imidazole rings is 2. The van der Waals surface area contributed by atoms with Crippen LogP contribution in [0, 0.1) is 0 Å². The summed E-state index contributed by atoms with van der Waals surface area (Å²) in [7, 11) is 0. The Balaban J connectivity index is 0.00000156. The molecule has 0 bridgehead atoms. The van der Waals surface area contributed by atoms with Gasteiger partial charge in [0, 0.05) is 36.2 Å². The van der Waals surface area contributed by atoms with Gasteiger partial charge in [0.2, 0.25) is 0 Å². The molecule has 4 aromatic rings. The summed E-state index contributed by atoms with van der Waals surface area (Å²) in [5.74, 6) is 0. The van der Waals surface area contributed by atoms with E-state index in [4.69, 9.17) is 0 Å². The summed E-state index contributed by atoms with van der Waals surface area (Å²) < 4.78 is 3.98. The van der Waals surface area contributed by atoms with Gasteiger partial charge in [0.05, 0.1) is 12.7 Å². The van der Waals surface area contributed by atoms with Crippen LogP contribution in [0.2, 0.25) is 0 Å². The van der Waals surface area contributed by atoms with Gasteiger partial charge in [-0.15, -0.1) is 0 Å². The number of rotatable bonds is 3. The monoisotopic (exact) mass is 304 g/mol. The molecule has 0 aliphatic rings. The summed E-state index contributed by atoms with van der Waals surface area (Å²) in [6.07, 6.45) is 11.0. The number of benzene rings is 2. The van der Waals surface area contributed by atoms with E-state index in [0.717, 1.165) is 11.4 Å². The minimum absolute atomic E-state index is 0. The van der Waals surface area contributed by atoms with Gasteiger partial charge in [-0.3, -0.25) is 0 Å². The van der Waals surface area contributed by atoms with Crippen molar-refractivity contribution >= 4 is 0 Å². The molecule has 2 heterocycles. The zero-order chi connectivity index (χ0) is 14.8. The molecule has 0 aliphatic heterocycles. The normalized spacial score (nSPS) is 10.3. The molecule has 0 fully saturated rings. The SMILES string of the molecule is O.c1cn(-c2ccc(-c3ccc(-n4ccnc4)cc3)cc2)cn1. The lowest BCUT2D eigenvalue weighted by Crippen LogP contribution is -1.90. The van der Waals surface area contributed by atoms with Crippen LogP contribution in [-0.2, 0) is 0 Å². The summed E-state index contributed by atoms with van der Waals surface area (Å²) in [4.78, 5) is 8.14. The summed E-state index contributed by atoms with van der Waals surface area (Å²) in [6, 6.07) is 16.9. The summed E-state index contributed by atoms with van der Waals surface area (Å²) in [6.45, 7) is 0. The maximum atomic E-state index is 4.07. The first-order valence-electron chi connectivity index (χ1n) is 7.07.